The molecule has 4 nitrogen and oxygen atoms in total. The van der Waals surface area contributed by atoms with Gasteiger partial charge >= 0.3 is 0 Å². The lowest BCUT2D eigenvalue weighted by Gasteiger charge is -2.26. The van der Waals surface area contributed by atoms with Gasteiger partial charge in [-0.2, -0.15) is 0 Å². The Morgan fingerprint density at radius 2 is 2.04 bits per heavy atom. The van der Waals surface area contributed by atoms with E-state index in [1.54, 1.807) is 6.07 Å². The number of ether oxygens (including phenoxy) is 1. The fraction of sp³-hybridized carbons (Fsp3) is 0.478. The maximum atomic E-state index is 14.0. The lowest BCUT2D eigenvalue weighted by Crippen LogP contribution is -2.36. The molecule has 0 saturated carbocycles. The van der Waals surface area contributed by atoms with E-state index in [9.17, 15) is 9.50 Å². The highest BCUT2D eigenvalue weighted by molar-refractivity contribution is 5.19. The number of rotatable bonds is 12. The molecular weight excluding hydrogens is 355 g/mol. The summed E-state index contributed by atoms with van der Waals surface area (Å²) in [7, 11) is 0. The quantitative estimate of drug-likeness (QED) is 0.448. The number of halogens is 1. The van der Waals surface area contributed by atoms with Gasteiger partial charge in [-0.3, -0.25) is 4.90 Å². The molecule has 1 aromatic carbocycles. The molecule has 0 aliphatic carbocycles. The number of terminal acetylenes is 1. The second kappa shape index (κ2) is 11.7. The van der Waals surface area contributed by atoms with E-state index in [1.807, 2.05) is 30.5 Å². The van der Waals surface area contributed by atoms with Crippen molar-refractivity contribution < 1.29 is 14.2 Å². The summed E-state index contributed by atoms with van der Waals surface area (Å²) in [6.07, 6.45) is 7.58. The van der Waals surface area contributed by atoms with Gasteiger partial charge < -0.3 is 14.4 Å². The first-order chi connectivity index (χ1) is 13.5. The number of nitrogens with zero attached hydrogens (tertiary/aromatic N) is 2. The van der Waals surface area contributed by atoms with Crippen molar-refractivity contribution in [2.75, 3.05) is 26.3 Å². The van der Waals surface area contributed by atoms with Crippen molar-refractivity contribution in [3.63, 3.8) is 0 Å². The number of aliphatic hydroxyl groups excluding tert-OH is 1. The fourth-order valence-electron chi connectivity index (χ4n) is 3.07. The number of aliphatic hydroxyl groups is 1. The zero-order valence-electron chi connectivity index (χ0n) is 16.9. The van der Waals surface area contributed by atoms with Gasteiger partial charge in [0.15, 0.2) is 0 Å². The molecule has 0 saturated heterocycles. The van der Waals surface area contributed by atoms with Crippen LogP contribution >= 0.6 is 0 Å². The third kappa shape index (κ3) is 7.47. The van der Waals surface area contributed by atoms with Crippen molar-refractivity contribution in [3.8, 4) is 12.3 Å². The molecule has 0 radical (unpaired) electrons. The molecule has 152 valence electrons. The molecule has 28 heavy (non-hydrogen) atoms. The van der Waals surface area contributed by atoms with Crippen molar-refractivity contribution in [2.45, 2.75) is 39.5 Å². The average Bonchev–Trinajstić information content (AvgIpc) is 3.08. The van der Waals surface area contributed by atoms with E-state index >= 15 is 0 Å². The van der Waals surface area contributed by atoms with E-state index < -0.39 is 6.10 Å². The Balaban J connectivity index is 2.03. The van der Waals surface area contributed by atoms with Gasteiger partial charge in [-0.05, 0) is 37.1 Å². The van der Waals surface area contributed by atoms with Crippen molar-refractivity contribution in [2.24, 2.45) is 5.92 Å². The molecule has 0 aliphatic heterocycles. The maximum Gasteiger partial charge on any atom is 0.128 e. The van der Waals surface area contributed by atoms with Crippen molar-refractivity contribution in [3.05, 3.63) is 59.7 Å². The van der Waals surface area contributed by atoms with Gasteiger partial charge in [-0.25, -0.2) is 4.39 Å². The molecule has 1 heterocycles. The molecule has 0 fully saturated rings. The minimum Gasteiger partial charge on any atom is -0.389 e. The molecule has 1 atom stereocenters. The zero-order chi connectivity index (χ0) is 20.4. The Bertz CT molecular complexity index is 751. The summed E-state index contributed by atoms with van der Waals surface area (Å²) in [4.78, 5) is 2.22. The fourth-order valence-corrected chi connectivity index (χ4v) is 3.07. The van der Waals surface area contributed by atoms with Crippen LogP contribution in [0.3, 0.4) is 0 Å². The van der Waals surface area contributed by atoms with Crippen LogP contribution in [0.4, 0.5) is 4.39 Å². The number of hydrogen-bond acceptors (Lipinski definition) is 3. The van der Waals surface area contributed by atoms with E-state index in [0.29, 0.717) is 31.1 Å². The molecule has 2 aromatic rings. The lowest BCUT2D eigenvalue weighted by atomic mass is 10.1. The maximum absolute atomic E-state index is 14.0. The van der Waals surface area contributed by atoms with Crippen molar-refractivity contribution in [1.29, 1.82) is 0 Å². The van der Waals surface area contributed by atoms with E-state index in [4.69, 9.17) is 11.2 Å². The normalized spacial score (nSPS) is 12.5. The van der Waals surface area contributed by atoms with Crippen LogP contribution in [0.5, 0.6) is 0 Å². The highest BCUT2D eigenvalue weighted by atomic mass is 19.1. The van der Waals surface area contributed by atoms with Crippen molar-refractivity contribution in [1.82, 2.24) is 9.47 Å². The summed E-state index contributed by atoms with van der Waals surface area (Å²) in [6.45, 7) is 7.34. The summed E-state index contributed by atoms with van der Waals surface area (Å²) < 4.78 is 21.3. The Hall–Kier alpha value is -2.13. The highest BCUT2D eigenvalue weighted by Crippen LogP contribution is 2.14. The van der Waals surface area contributed by atoms with Crippen LogP contribution in [0.2, 0.25) is 0 Å². The second-order valence-corrected chi connectivity index (χ2v) is 7.51. The van der Waals surface area contributed by atoms with Gasteiger partial charge in [-0.15, -0.1) is 6.42 Å². The summed E-state index contributed by atoms with van der Waals surface area (Å²) in [5.74, 6) is 2.78. The minimum atomic E-state index is -0.601. The minimum absolute atomic E-state index is 0.195. The molecule has 0 bridgehead atoms. The largest absolute Gasteiger partial charge is 0.389 e. The molecule has 1 aromatic heterocycles. The smallest absolute Gasteiger partial charge is 0.128 e. The molecule has 1 N–H and O–H groups in total. The van der Waals surface area contributed by atoms with Gasteiger partial charge in [-0.1, -0.05) is 38.0 Å². The second-order valence-electron chi connectivity index (χ2n) is 7.51. The Labute approximate surface area is 167 Å². The molecule has 0 aliphatic rings. The van der Waals surface area contributed by atoms with Crippen LogP contribution < -0.4 is 0 Å². The van der Waals surface area contributed by atoms with Gasteiger partial charge in [0.1, 0.15) is 12.4 Å². The van der Waals surface area contributed by atoms with Gasteiger partial charge in [0, 0.05) is 30.5 Å². The first-order valence-electron chi connectivity index (χ1n) is 9.78. The third-order valence-electron chi connectivity index (χ3n) is 4.59. The predicted molar refractivity (Wildman–Crippen MR) is 110 cm³/mol. The zero-order valence-corrected chi connectivity index (χ0v) is 16.9. The monoisotopic (exact) mass is 386 g/mol. The van der Waals surface area contributed by atoms with Crippen LogP contribution in [0.25, 0.3) is 0 Å². The Morgan fingerprint density at radius 3 is 2.75 bits per heavy atom. The number of benzene rings is 1. The van der Waals surface area contributed by atoms with Crippen LogP contribution in [0, 0.1) is 24.1 Å². The summed E-state index contributed by atoms with van der Waals surface area (Å²) in [5, 5.41) is 10.3. The predicted octanol–water partition coefficient (Wildman–Crippen LogP) is 3.53. The number of aromatic nitrogens is 1. The summed E-state index contributed by atoms with van der Waals surface area (Å²) in [6, 6.07) is 10.9. The van der Waals surface area contributed by atoms with E-state index in [1.165, 1.54) is 6.07 Å². The van der Waals surface area contributed by atoms with Crippen LogP contribution in [0.1, 0.15) is 31.5 Å². The number of hydrogen-bond donors (Lipinski definition) is 1. The van der Waals surface area contributed by atoms with E-state index in [0.717, 1.165) is 18.7 Å². The molecule has 0 spiro atoms. The van der Waals surface area contributed by atoms with E-state index in [2.05, 4.69) is 29.2 Å². The lowest BCUT2D eigenvalue weighted by molar-refractivity contribution is 0.0248. The SMILES string of the molecule is C#CCOCC(O)CN(CCC(C)C)Cc1cccn1Cc1ccccc1F. The van der Waals surface area contributed by atoms with Crippen molar-refractivity contribution >= 4 is 0 Å². The van der Waals surface area contributed by atoms with Gasteiger partial charge in [0.05, 0.1) is 19.3 Å². The highest BCUT2D eigenvalue weighted by Gasteiger charge is 2.15. The van der Waals surface area contributed by atoms with Crippen LogP contribution in [-0.2, 0) is 17.8 Å². The molecule has 1 unspecified atom stereocenters. The third-order valence-corrected chi connectivity index (χ3v) is 4.59. The summed E-state index contributed by atoms with van der Waals surface area (Å²) in [5.41, 5.74) is 1.75. The average molecular weight is 387 g/mol. The van der Waals surface area contributed by atoms with Gasteiger partial charge in [0.2, 0.25) is 0 Å². The van der Waals surface area contributed by atoms with E-state index in [-0.39, 0.29) is 19.0 Å². The molecule has 5 heteroatoms. The first-order valence-corrected chi connectivity index (χ1v) is 9.78. The Morgan fingerprint density at radius 1 is 1.25 bits per heavy atom. The summed E-state index contributed by atoms with van der Waals surface area (Å²) >= 11 is 0. The Kier molecular flexibility index (Phi) is 9.22. The molecule has 0 amide bonds. The van der Waals surface area contributed by atoms with Gasteiger partial charge in [0.25, 0.3) is 0 Å². The van der Waals surface area contributed by atoms with Crippen LogP contribution in [-0.4, -0.2) is 47.0 Å². The first kappa shape index (κ1) is 22.2. The van der Waals surface area contributed by atoms with Crippen LogP contribution in [0.15, 0.2) is 42.6 Å². The topological polar surface area (TPSA) is 37.6 Å². The molecule has 2 rings (SSSR count). The molecular formula is C23H31FN2O2. The standard InChI is InChI=1S/C23H31FN2O2/c1-4-14-28-18-22(27)17-25(13-11-19(2)3)16-21-9-7-12-26(21)15-20-8-5-6-10-23(20)24/h1,5-10,12,19,22,27H,11,13-18H2,2-3H3.